The number of hydrogen-bond acceptors (Lipinski definition) is 5. The van der Waals surface area contributed by atoms with Crippen molar-refractivity contribution in [3.05, 3.63) is 49.4 Å². The van der Waals surface area contributed by atoms with Crippen LogP contribution in [0.2, 0.25) is 15.1 Å². The van der Waals surface area contributed by atoms with Crippen molar-refractivity contribution in [1.82, 2.24) is 5.43 Å². The maximum atomic E-state index is 11.8. The molecule has 2 aromatic rings. The molecule has 2 rings (SSSR count). The number of hydrazone groups is 1. The van der Waals surface area contributed by atoms with Crippen molar-refractivity contribution in [2.75, 3.05) is 13.7 Å². The van der Waals surface area contributed by atoms with Crippen molar-refractivity contribution < 1.29 is 19.4 Å². The maximum Gasteiger partial charge on any atom is 0.277 e. The highest BCUT2D eigenvalue weighted by molar-refractivity contribution is 9.10. The minimum atomic E-state index is -0.506. The molecular formula is C16H12BrCl3N2O4. The number of carbonyl (C=O) groups excluding carboxylic acids is 1. The first-order valence-corrected chi connectivity index (χ1v) is 8.90. The van der Waals surface area contributed by atoms with Crippen LogP contribution in [0, 0.1) is 0 Å². The van der Waals surface area contributed by atoms with Gasteiger partial charge in [0, 0.05) is 6.07 Å². The van der Waals surface area contributed by atoms with E-state index in [4.69, 9.17) is 44.3 Å². The van der Waals surface area contributed by atoms with Crippen LogP contribution in [0.1, 0.15) is 5.56 Å². The molecule has 2 aromatic carbocycles. The van der Waals surface area contributed by atoms with Gasteiger partial charge in [-0.3, -0.25) is 4.79 Å². The van der Waals surface area contributed by atoms with Crippen LogP contribution in [0.25, 0.3) is 0 Å². The van der Waals surface area contributed by atoms with Gasteiger partial charge in [0.1, 0.15) is 5.75 Å². The van der Waals surface area contributed by atoms with E-state index in [1.807, 2.05) is 0 Å². The second-order valence-corrected chi connectivity index (χ2v) is 6.91. The summed E-state index contributed by atoms with van der Waals surface area (Å²) in [5, 5.41) is 14.3. The molecule has 0 aromatic heterocycles. The molecule has 0 aliphatic carbocycles. The number of amides is 1. The van der Waals surface area contributed by atoms with Crippen molar-refractivity contribution in [2.45, 2.75) is 0 Å². The molecule has 0 fully saturated rings. The Labute approximate surface area is 172 Å². The number of methoxy groups -OCH3 is 1. The Morgan fingerprint density at radius 1 is 1.19 bits per heavy atom. The minimum absolute atomic E-state index is 0.0272. The molecule has 0 bridgehead atoms. The molecule has 0 saturated carbocycles. The van der Waals surface area contributed by atoms with E-state index in [9.17, 15) is 9.90 Å². The molecule has 0 radical (unpaired) electrons. The molecule has 0 aliphatic rings. The third kappa shape index (κ3) is 5.41. The number of phenolic OH excluding ortho intramolecular Hbond substituents is 1. The number of nitrogens with zero attached hydrogens (tertiary/aromatic N) is 1. The second kappa shape index (κ2) is 9.32. The molecular weight excluding hydrogens is 470 g/mol. The Balaban J connectivity index is 1.94. The molecule has 0 unspecified atom stereocenters. The van der Waals surface area contributed by atoms with Gasteiger partial charge in [-0.15, -0.1) is 0 Å². The summed E-state index contributed by atoms with van der Waals surface area (Å²) in [7, 11) is 1.43. The number of rotatable bonds is 6. The van der Waals surface area contributed by atoms with E-state index in [2.05, 4.69) is 26.5 Å². The van der Waals surface area contributed by atoms with Crippen molar-refractivity contribution in [2.24, 2.45) is 5.10 Å². The van der Waals surface area contributed by atoms with Crippen LogP contribution in [0.3, 0.4) is 0 Å². The molecule has 10 heteroatoms. The van der Waals surface area contributed by atoms with Crippen LogP contribution in [-0.2, 0) is 4.79 Å². The summed E-state index contributed by atoms with van der Waals surface area (Å²) < 4.78 is 10.7. The summed E-state index contributed by atoms with van der Waals surface area (Å²) in [5.74, 6) is -0.0362. The van der Waals surface area contributed by atoms with E-state index in [1.54, 1.807) is 12.1 Å². The van der Waals surface area contributed by atoms with Crippen molar-refractivity contribution >= 4 is 62.9 Å². The highest BCUT2D eigenvalue weighted by atomic mass is 79.9. The smallest absolute Gasteiger partial charge is 0.277 e. The van der Waals surface area contributed by atoms with E-state index >= 15 is 0 Å². The van der Waals surface area contributed by atoms with Crippen molar-refractivity contribution in [1.29, 1.82) is 0 Å². The van der Waals surface area contributed by atoms with Crippen LogP contribution < -0.4 is 14.9 Å². The number of benzene rings is 2. The highest BCUT2D eigenvalue weighted by Gasteiger charge is 2.10. The predicted octanol–water partition coefficient (Wildman–Crippen LogP) is 4.65. The first-order valence-electron chi connectivity index (χ1n) is 6.97. The van der Waals surface area contributed by atoms with Gasteiger partial charge in [-0.05, 0) is 39.7 Å². The van der Waals surface area contributed by atoms with Crippen LogP contribution in [0.5, 0.6) is 17.2 Å². The fraction of sp³-hybridized carbons (Fsp3) is 0.125. The quantitative estimate of drug-likeness (QED) is 0.357. The zero-order chi connectivity index (χ0) is 19.3. The number of phenols is 1. The lowest BCUT2D eigenvalue weighted by atomic mass is 10.2. The molecule has 26 heavy (non-hydrogen) atoms. The largest absolute Gasteiger partial charge is 0.503 e. The van der Waals surface area contributed by atoms with Crippen LogP contribution in [0.4, 0.5) is 0 Å². The van der Waals surface area contributed by atoms with E-state index in [0.29, 0.717) is 10.0 Å². The fourth-order valence-electron chi connectivity index (χ4n) is 1.79. The van der Waals surface area contributed by atoms with Crippen LogP contribution in [0.15, 0.2) is 33.8 Å². The number of aromatic hydroxyl groups is 1. The van der Waals surface area contributed by atoms with Crippen molar-refractivity contribution in [3.63, 3.8) is 0 Å². The lowest BCUT2D eigenvalue weighted by molar-refractivity contribution is -0.123. The Morgan fingerprint density at radius 3 is 2.58 bits per heavy atom. The SMILES string of the molecule is COc1cc(C=NNC(=O)COc2cc(Cl)c(Cl)cc2Cl)cc(Br)c1O. The third-order valence-electron chi connectivity index (χ3n) is 3.01. The molecule has 0 atom stereocenters. The van der Waals surface area contributed by atoms with Gasteiger partial charge in [-0.25, -0.2) is 5.43 Å². The van der Waals surface area contributed by atoms with Gasteiger partial charge in [-0.2, -0.15) is 5.10 Å². The zero-order valence-corrected chi connectivity index (χ0v) is 17.1. The van der Waals surface area contributed by atoms with Gasteiger partial charge in [0.25, 0.3) is 5.91 Å². The van der Waals surface area contributed by atoms with Gasteiger partial charge in [0.15, 0.2) is 18.1 Å². The number of ether oxygens (including phenoxy) is 2. The average Bonchev–Trinajstić information content (AvgIpc) is 2.59. The molecule has 2 N–H and O–H groups in total. The molecule has 0 heterocycles. The topological polar surface area (TPSA) is 80.2 Å². The fourth-order valence-corrected chi connectivity index (χ4v) is 2.84. The Kier molecular flexibility index (Phi) is 7.40. The van der Waals surface area contributed by atoms with E-state index < -0.39 is 5.91 Å². The number of nitrogens with one attached hydrogen (secondary N) is 1. The second-order valence-electron chi connectivity index (χ2n) is 4.83. The van der Waals surface area contributed by atoms with E-state index in [0.717, 1.165) is 0 Å². The summed E-state index contributed by atoms with van der Waals surface area (Å²) in [5.41, 5.74) is 2.90. The molecule has 0 aliphatic heterocycles. The highest BCUT2D eigenvalue weighted by Crippen LogP contribution is 2.35. The Bertz CT molecular complexity index is 862. The van der Waals surface area contributed by atoms with Crippen molar-refractivity contribution in [3.8, 4) is 17.2 Å². The van der Waals surface area contributed by atoms with Gasteiger partial charge < -0.3 is 14.6 Å². The van der Waals surface area contributed by atoms with Gasteiger partial charge in [0.05, 0.1) is 32.9 Å². The lowest BCUT2D eigenvalue weighted by Crippen LogP contribution is -2.24. The Hall–Kier alpha value is -1.67. The maximum absolute atomic E-state index is 11.8. The summed E-state index contributed by atoms with van der Waals surface area (Å²) in [4.78, 5) is 11.8. The van der Waals surface area contributed by atoms with Gasteiger partial charge in [0.2, 0.25) is 0 Å². The van der Waals surface area contributed by atoms with E-state index in [1.165, 1.54) is 25.5 Å². The van der Waals surface area contributed by atoms with E-state index in [-0.39, 0.29) is 38.9 Å². The molecule has 0 saturated heterocycles. The number of halogens is 4. The lowest BCUT2D eigenvalue weighted by Gasteiger charge is -2.08. The summed E-state index contributed by atoms with van der Waals surface area (Å²) in [6, 6.07) is 6.01. The van der Waals surface area contributed by atoms with Crippen LogP contribution >= 0.6 is 50.7 Å². The summed E-state index contributed by atoms with van der Waals surface area (Å²) >= 11 is 20.8. The molecule has 1 amide bonds. The summed E-state index contributed by atoms with van der Waals surface area (Å²) in [6.07, 6.45) is 1.39. The minimum Gasteiger partial charge on any atom is -0.503 e. The molecule has 0 spiro atoms. The standard InChI is InChI=1S/C16H12BrCl3N2O4/c1-25-14-3-8(2-9(17)16(14)24)6-21-22-15(23)7-26-13-5-11(19)10(18)4-12(13)20/h2-6,24H,7H2,1H3,(H,22,23). The van der Waals surface area contributed by atoms with Gasteiger partial charge in [-0.1, -0.05) is 34.8 Å². The number of hydrogen-bond donors (Lipinski definition) is 2. The average molecular weight is 483 g/mol. The molecule has 6 nitrogen and oxygen atoms in total. The first-order chi connectivity index (χ1) is 12.3. The van der Waals surface area contributed by atoms with Gasteiger partial charge >= 0.3 is 0 Å². The zero-order valence-electron chi connectivity index (χ0n) is 13.2. The Morgan fingerprint density at radius 2 is 1.88 bits per heavy atom. The summed E-state index contributed by atoms with van der Waals surface area (Å²) in [6.45, 7) is -0.322. The number of carbonyl (C=O) groups is 1. The monoisotopic (exact) mass is 480 g/mol. The first kappa shape index (κ1) is 20.6. The predicted molar refractivity (Wildman–Crippen MR) is 105 cm³/mol. The normalized spacial score (nSPS) is 10.8. The third-order valence-corrected chi connectivity index (χ3v) is 4.63. The molecule has 138 valence electrons. The van der Waals surface area contributed by atoms with Crippen LogP contribution in [-0.4, -0.2) is 30.9 Å².